The van der Waals surface area contributed by atoms with Gasteiger partial charge in [-0.2, -0.15) is 0 Å². The monoisotopic (exact) mass is 419 g/mol. The van der Waals surface area contributed by atoms with E-state index in [1.165, 1.54) is 38.5 Å². The fourth-order valence-electron chi connectivity index (χ4n) is 5.78. The number of amides is 1. The minimum absolute atomic E-state index is 0.288. The molecule has 0 aromatic heterocycles. The lowest BCUT2D eigenvalue weighted by molar-refractivity contribution is -0.104. The van der Waals surface area contributed by atoms with Gasteiger partial charge in [0, 0.05) is 23.3 Å². The first-order chi connectivity index (χ1) is 14.2. The molecule has 160 valence electrons. The van der Waals surface area contributed by atoms with Crippen LogP contribution < -0.4 is 10.1 Å². The lowest BCUT2D eigenvalue weighted by atomic mass is 9.62. The standard InChI is InChI=1S/C24H34ClNO3/c25-15-7-8-16-28-20-13-14-22-21(17-20)24(29-23(27)26-22,18-9-3-1-4-10-18)19-11-5-2-6-12-19/h13-14,17-19H,1-12,15-16H2,(H,26,27). The van der Waals surface area contributed by atoms with E-state index in [4.69, 9.17) is 21.1 Å². The van der Waals surface area contributed by atoms with Gasteiger partial charge < -0.3 is 9.47 Å². The van der Waals surface area contributed by atoms with Crippen molar-refractivity contribution >= 4 is 23.4 Å². The molecule has 1 aliphatic heterocycles. The summed E-state index contributed by atoms with van der Waals surface area (Å²) in [6.07, 6.45) is 13.7. The molecule has 0 saturated heterocycles. The predicted octanol–water partition coefficient (Wildman–Crippen LogP) is 7.00. The van der Waals surface area contributed by atoms with Gasteiger partial charge in [0.15, 0.2) is 0 Å². The number of hydrogen-bond acceptors (Lipinski definition) is 3. The summed E-state index contributed by atoms with van der Waals surface area (Å²) < 4.78 is 12.4. The summed E-state index contributed by atoms with van der Waals surface area (Å²) in [4.78, 5) is 12.7. The third kappa shape index (κ3) is 4.38. The Labute approximate surface area is 179 Å². The van der Waals surface area contributed by atoms with E-state index in [0.717, 1.165) is 55.5 Å². The number of hydrogen-bond donors (Lipinski definition) is 1. The molecule has 0 radical (unpaired) electrons. The van der Waals surface area contributed by atoms with E-state index < -0.39 is 5.60 Å². The van der Waals surface area contributed by atoms with Gasteiger partial charge in [0.25, 0.3) is 0 Å². The van der Waals surface area contributed by atoms with Crippen LogP contribution in [0.3, 0.4) is 0 Å². The lowest BCUT2D eigenvalue weighted by Crippen LogP contribution is -2.51. The molecule has 5 heteroatoms. The highest BCUT2D eigenvalue weighted by Gasteiger charge is 2.53. The zero-order valence-corrected chi connectivity index (χ0v) is 18.1. The highest BCUT2D eigenvalue weighted by Crippen LogP contribution is 2.55. The van der Waals surface area contributed by atoms with Crippen LogP contribution in [0, 0.1) is 11.8 Å². The van der Waals surface area contributed by atoms with Crippen molar-refractivity contribution in [2.24, 2.45) is 11.8 Å². The van der Waals surface area contributed by atoms with Crippen LogP contribution in [0.4, 0.5) is 10.5 Å². The first-order valence-corrected chi connectivity index (χ1v) is 12.1. The molecule has 1 aromatic carbocycles. The van der Waals surface area contributed by atoms with Crippen molar-refractivity contribution in [3.05, 3.63) is 23.8 Å². The molecule has 0 atom stereocenters. The van der Waals surface area contributed by atoms with E-state index in [1.807, 2.05) is 12.1 Å². The molecule has 1 N–H and O–H groups in total. The molecule has 4 rings (SSSR count). The second-order valence-electron chi connectivity index (χ2n) is 8.93. The maximum absolute atomic E-state index is 12.7. The molecule has 3 aliphatic rings. The SMILES string of the molecule is O=C1Nc2ccc(OCCCCCl)cc2C(C2CCCCC2)(C2CCCCC2)O1. The Hall–Kier alpha value is -1.42. The molecule has 29 heavy (non-hydrogen) atoms. The second-order valence-corrected chi connectivity index (χ2v) is 9.31. The Morgan fingerprint density at radius 1 is 1.00 bits per heavy atom. The highest BCUT2D eigenvalue weighted by atomic mass is 35.5. The topological polar surface area (TPSA) is 47.6 Å². The summed E-state index contributed by atoms with van der Waals surface area (Å²) in [5.74, 6) is 2.33. The van der Waals surface area contributed by atoms with Crippen molar-refractivity contribution in [2.45, 2.75) is 82.7 Å². The molecule has 1 aromatic rings. The van der Waals surface area contributed by atoms with Crippen LogP contribution in [0.2, 0.25) is 0 Å². The summed E-state index contributed by atoms with van der Waals surface area (Å²) in [5.41, 5.74) is 1.55. The molecule has 4 nitrogen and oxygen atoms in total. The second kappa shape index (κ2) is 9.59. The Bertz CT molecular complexity index is 677. The van der Waals surface area contributed by atoms with Crippen LogP contribution in [0.15, 0.2) is 18.2 Å². The quantitative estimate of drug-likeness (QED) is 0.382. The molecule has 0 unspecified atom stereocenters. The third-order valence-electron chi connectivity index (χ3n) is 7.13. The maximum Gasteiger partial charge on any atom is 0.412 e. The van der Waals surface area contributed by atoms with Crippen molar-refractivity contribution < 1.29 is 14.3 Å². The number of unbranched alkanes of at least 4 members (excludes halogenated alkanes) is 1. The van der Waals surface area contributed by atoms with E-state index in [0.29, 0.717) is 24.3 Å². The summed E-state index contributed by atoms with van der Waals surface area (Å²) in [7, 11) is 0. The van der Waals surface area contributed by atoms with Gasteiger partial charge in [0.05, 0.1) is 12.3 Å². The number of benzene rings is 1. The van der Waals surface area contributed by atoms with Crippen molar-refractivity contribution in [2.75, 3.05) is 17.8 Å². The summed E-state index contributed by atoms with van der Waals surface area (Å²) >= 11 is 5.79. The van der Waals surface area contributed by atoms with Crippen LogP contribution in [0.5, 0.6) is 5.75 Å². The number of anilines is 1. The first-order valence-electron chi connectivity index (χ1n) is 11.6. The Kier molecular flexibility index (Phi) is 6.89. The largest absolute Gasteiger partial charge is 0.494 e. The number of fused-ring (bicyclic) bond motifs is 1. The minimum atomic E-state index is -0.506. The number of carbonyl (C=O) groups excluding carboxylic acids is 1. The third-order valence-corrected chi connectivity index (χ3v) is 7.40. The van der Waals surface area contributed by atoms with Gasteiger partial charge in [-0.25, -0.2) is 4.79 Å². The van der Waals surface area contributed by atoms with Crippen LogP contribution in [-0.2, 0) is 10.3 Å². The van der Waals surface area contributed by atoms with Gasteiger partial charge in [-0.1, -0.05) is 38.5 Å². The molecular formula is C24H34ClNO3. The van der Waals surface area contributed by atoms with Gasteiger partial charge in [-0.05, 0) is 56.7 Å². The molecule has 0 bridgehead atoms. The fraction of sp³-hybridized carbons (Fsp3) is 0.708. The van der Waals surface area contributed by atoms with E-state index in [1.54, 1.807) is 0 Å². The summed E-state index contributed by atoms with van der Waals surface area (Å²) in [6.45, 7) is 0.665. The molecule has 2 saturated carbocycles. The van der Waals surface area contributed by atoms with Gasteiger partial charge in [0.1, 0.15) is 11.4 Å². The van der Waals surface area contributed by atoms with Crippen LogP contribution in [0.1, 0.15) is 82.6 Å². The average molecular weight is 420 g/mol. The zero-order valence-electron chi connectivity index (χ0n) is 17.4. The Balaban J connectivity index is 1.71. The van der Waals surface area contributed by atoms with Crippen molar-refractivity contribution in [1.29, 1.82) is 0 Å². The van der Waals surface area contributed by atoms with E-state index in [9.17, 15) is 4.79 Å². The van der Waals surface area contributed by atoms with Gasteiger partial charge in [-0.15, -0.1) is 11.6 Å². The van der Waals surface area contributed by atoms with Crippen LogP contribution >= 0.6 is 11.6 Å². The molecule has 1 amide bonds. The highest BCUT2D eigenvalue weighted by molar-refractivity contribution is 6.17. The number of ether oxygens (including phenoxy) is 2. The number of halogens is 1. The normalized spacial score (nSPS) is 22.4. The molecule has 1 heterocycles. The molecule has 0 spiro atoms. The molecular weight excluding hydrogens is 386 g/mol. The predicted molar refractivity (Wildman–Crippen MR) is 117 cm³/mol. The van der Waals surface area contributed by atoms with E-state index in [2.05, 4.69) is 11.4 Å². The van der Waals surface area contributed by atoms with Crippen molar-refractivity contribution in [1.82, 2.24) is 0 Å². The fourth-order valence-corrected chi connectivity index (χ4v) is 5.97. The number of cyclic esters (lactones) is 1. The van der Waals surface area contributed by atoms with E-state index in [-0.39, 0.29) is 6.09 Å². The number of nitrogens with one attached hydrogen (secondary N) is 1. The number of rotatable bonds is 7. The Morgan fingerprint density at radius 2 is 1.66 bits per heavy atom. The maximum atomic E-state index is 12.7. The number of alkyl halides is 1. The zero-order chi connectivity index (χ0) is 20.1. The average Bonchev–Trinajstić information content (AvgIpc) is 2.77. The number of carbonyl (C=O) groups is 1. The first kappa shape index (κ1) is 20.8. The smallest absolute Gasteiger partial charge is 0.412 e. The van der Waals surface area contributed by atoms with Gasteiger partial charge >= 0.3 is 6.09 Å². The molecule has 2 fully saturated rings. The summed E-state index contributed by atoms with van der Waals surface area (Å²) in [6, 6.07) is 6.13. The Morgan fingerprint density at radius 3 is 2.28 bits per heavy atom. The lowest BCUT2D eigenvalue weighted by Gasteiger charge is -2.50. The van der Waals surface area contributed by atoms with E-state index >= 15 is 0 Å². The van der Waals surface area contributed by atoms with Crippen molar-refractivity contribution in [3.63, 3.8) is 0 Å². The van der Waals surface area contributed by atoms with Crippen molar-refractivity contribution in [3.8, 4) is 5.75 Å². The van der Waals surface area contributed by atoms with Crippen LogP contribution in [0.25, 0.3) is 0 Å². The van der Waals surface area contributed by atoms with Gasteiger partial charge in [0.2, 0.25) is 0 Å². The summed E-state index contributed by atoms with van der Waals surface area (Å²) in [5, 5.41) is 2.96. The minimum Gasteiger partial charge on any atom is -0.494 e. The molecule has 2 aliphatic carbocycles. The van der Waals surface area contributed by atoms with Crippen LogP contribution in [-0.4, -0.2) is 18.6 Å². The van der Waals surface area contributed by atoms with Gasteiger partial charge in [-0.3, -0.25) is 5.32 Å².